The van der Waals surface area contributed by atoms with Gasteiger partial charge in [0, 0.05) is 17.9 Å². The Labute approximate surface area is 141 Å². The van der Waals surface area contributed by atoms with Crippen LogP contribution in [-0.4, -0.2) is 20.3 Å². The summed E-state index contributed by atoms with van der Waals surface area (Å²) in [6, 6.07) is 2.87. The van der Waals surface area contributed by atoms with Crippen LogP contribution in [0, 0.1) is 17.3 Å². The summed E-state index contributed by atoms with van der Waals surface area (Å²) in [5.74, 6) is -0.0963. The molecule has 1 saturated carbocycles. The van der Waals surface area contributed by atoms with Gasteiger partial charge in [-0.25, -0.2) is 9.97 Å². The van der Waals surface area contributed by atoms with Crippen LogP contribution >= 0.6 is 0 Å². The summed E-state index contributed by atoms with van der Waals surface area (Å²) in [6.07, 6.45) is 7.94. The largest absolute Gasteiger partial charge is 0.321 e. The molecule has 1 aliphatic carbocycles. The summed E-state index contributed by atoms with van der Waals surface area (Å²) in [5, 5.41) is 0. The van der Waals surface area contributed by atoms with Crippen LogP contribution < -0.4 is 0 Å². The number of aromatic nitrogens is 3. The Balaban J connectivity index is 1.57. The number of carbonyl (C=O) groups excluding carboxylic acids is 1. The minimum atomic E-state index is -0.496. The number of ketones is 1. The van der Waals surface area contributed by atoms with Crippen molar-refractivity contribution >= 4 is 5.78 Å². The van der Waals surface area contributed by atoms with Gasteiger partial charge in [-0.3, -0.25) is 4.79 Å². The predicted molar refractivity (Wildman–Crippen MR) is 88.9 cm³/mol. The third-order valence-electron chi connectivity index (χ3n) is 5.67. The number of fused-ring (bicyclic) bond motifs is 3. The third-order valence-corrected chi connectivity index (χ3v) is 5.67. The van der Waals surface area contributed by atoms with Gasteiger partial charge in [0.15, 0.2) is 0 Å². The molecule has 24 heavy (non-hydrogen) atoms. The Hall–Kier alpha value is -2.04. The molecule has 0 bridgehead atoms. The lowest BCUT2D eigenvalue weighted by molar-refractivity contribution is -0.125. The van der Waals surface area contributed by atoms with Crippen molar-refractivity contribution in [1.29, 1.82) is 0 Å². The molecule has 0 N–H and O–H groups in total. The Kier molecular flexibility index (Phi) is 3.55. The van der Waals surface area contributed by atoms with Gasteiger partial charge < -0.3 is 4.57 Å². The van der Waals surface area contributed by atoms with Crippen molar-refractivity contribution in [2.75, 3.05) is 0 Å². The summed E-state index contributed by atoms with van der Waals surface area (Å²) in [7, 11) is 0. The topological polar surface area (TPSA) is 47.8 Å². The second-order valence-corrected chi connectivity index (χ2v) is 7.88. The molecular weight excluding hydrogens is 305 g/mol. The smallest absolute Gasteiger partial charge is 0.213 e. The molecule has 1 fully saturated rings. The fourth-order valence-electron chi connectivity index (χ4n) is 4.09. The Morgan fingerprint density at radius 2 is 2.08 bits per heavy atom. The highest BCUT2D eigenvalue weighted by molar-refractivity contribution is 5.83. The minimum Gasteiger partial charge on any atom is -0.321 e. The molecule has 1 atom stereocenters. The molecule has 0 spiro atoms. The molecule has 1 aliphatic heterocycles. The number of hydrogen-bond acceptors (Lipinski definition) is 3. The van der Waals surface area contributed by atoms with E-state index in [0.29, 0.717) is 17.5 Å². The van der Waals surface area contributed by atoms with Gasteiger partial charge in [0.05, 0.1) is 30.0 Å². The van der Waals surface area contributed by atoms with Crippen molar-refractivity contribution in [2.24, 2.45) is 11.3 Å². The highest BCUT2D eigenvalue weighted by atomic mass is 19.1. The fourth-order valence-corrected chi connectivity index (χ4v) is 4.09. The minimum absolute atomic E-state index is 0.127. The molecule has 2 aromatic rings. The van der Waals surface area contributed by atoms with Crippen molar-refractivity contribution in [3.63, 3.8) is 0 Å². The maximum Gasteiger partial charge on any atom is 0.213 e. The second-order valence-electron chi connectivity index (χ2n) is 7.88. The number of imidazole rings is 1. The molecule has 0 radical (unpaired) electrons. The van der Waals surface area contributed by atoms with E-state index in [1.165, 1.54) is 6.07 Å². The Morgan fingerprint density at radius 1 is 1.33 bits per heavy atom. The maximum absolute atomic E-state index is 13.6. The fraction of sp³-hybridized carbons (Fsp3) is 0.526. The van der Waals surface area contributed by atoms with Crippen molar-refractivity contribution in [1.82, 2.24) is 14.5 Å². The monoisotopic (exact) mass is 327 g/mol. The van der Waals surface area contributed by atoms with E-state index in [1.807, 2.05) is 4.57 Å². The van der Waals surface area contributed by atoms with Crippen molar-refractivity contribution in [2.45, 2.75) is 52.0 Å². The maximum atomic E-state index is 13.6. The highest BCUT2D eigenvalue weighted by Gasteiger charge is 2.36. The molecule has 4 rings (SSSR count). The first-order valence-corrected chi connectivity index (χ1v) is 8.66. The van der Waals surface area contributed by atoms with Crippen LogP contribution in [0.2, 0.25) is 0 Å². The molecule has 126 valence electrons. The molecule has 5 heteroatoms. The van der Waals surface area contributed by atoms with Crippen LogP contribution in [0.25, 0.3) is 11.3 Å². The number of carbonyl (C=O) groups is 1. The van der Waals surface area contributed by atoms with Gasteiger partial charge in [0.2, 0.25) is 5.95 Å². The molecule has 4 nitrogen and oxygen atoms in total. The zero-order valence-electron chi connectivity index (χ0n) is 14.1. The van der Waals surface area contributed by atoms with Crippen LogP contribution in [-0.2, 0) is 4.79 Å². The van der Waals surface area contributed by atoms with Gasteiger partial charge in [0.25, 0.3) is 0 Å². The van der Waals surface area contributed by atoms with Gasteiger partial charge in [-0.2, -0.15) is 4.39 Å². The summed E-state index contributed by atoms with van der Waals surface area (Å²) < 4.78 is 15.6. The van der Waals surface area contributed by atoms with Crippen LogP contribution in [0.1, 0.15) is 57.7 Å². The molecular formula is C19H22FN3O. The Morgan fingerprint density at radius 3 is 2.83 bits per heavy atom. The first-order valence-electron chi connectivity index (χ1n) is 8.66. The van der Waals surface area contributed by atoms with Crippen LogP contribution in [0.3, 0.4) is 0 Å². The third kappa shape index (κ3) is 2.56. The van der Waals surface area contributed by atoms with Crippen molar-refractivity contribution in [3.8, 4) is 11.3 Å². The van der Waals surface area contributed by atoms with Crippen LogP contribution in [0.5, 0.6) is 0 Å². The number of hydrogen-bond donors (Lipinski definition) is 0. The van der Waals surface area contributed by atoms with Gasteiger partial charge in [-0.1, -0.05) is 13.8 Å². The SMILES string of the molecule is CC1(C)CCC(C(=O)CC2c3nc(F)ccc3-c3cncn32)CC1. The molecule has 3 heterocycles. The molecule has 0 aromatic carbocycles. The van der Waals surface area contributed by atoms with Crippen LogP contribution in [0.4, 0.5) is 4.39 Å². The van der Waals surface area contributed by atoms with E-state index in [0.717, 1.165) is 36.9 Å². The number of pyridine rings is 1. The quantitative estimate of drug-likeness (QED) is 0.795. The van der Waals surface area contributed by atoms with E-state index in [-0.39, 0.29) is 17.7 Å². The first kappa shape index (κ1) is 15.5. The molecule has 2 aromatic heterocycles. The standard InChI is InChI=1S/C19H22FN3O/c1-19(2)7-5-12(6-8-19)16(24)9-14-18-13(3-4-17(20)22-18)15-10-21-11-23(14)15/h3-4,10-12,14H,5-9H2,1-2H3. The average molecular weight is 327 g/mol. The lowest BCUT2D eigenvalue weighted by Gasteiger charge is -2.34. The van der Waals surface area contributed by atoms with E-state index in [2.05, 4.69) is 23.8 Å². The number of halogens is 1. The number of rotatable bonds is 3. The van der Waals surface area contributed by atoms with E-state index < -0.39 is 5.95 Å². The lowest BCUT2D eigenvalue weighted by Crippen LogP contribution is -2.27. The van der Waals surface area contributed by atoms with E-state index in [1.54, 1.807) is 18.6 Å². The van der Waals surface area contributed by atoms with Crippen molar-refractivity contribution in [3.05, 3.63) is 36.3 Å². The average Bonchev–Trinajstić information content (AvgIpc) is 3.10. The van der Waals surface area contributed by atoms with E-state index >= 15 is 0 Å². The van der Waals surface area contributed by atoms with Gasteiger partial charge >= 0.3 is 0 Å². The molecule has 0 amide bonds. The van der Waals surface area contributed by atoms with Gasteiger partial charge in [-0.15, -0.1) is 0 Å². The zero-order valence-corrected chi connectivity index (χ0v) is 14.1. The zero-order chi connectivity index (χ0) is 16.9. The lowest BCUT2D eigenvalue weighted by atomic mass is 9.71. The first-order chi connectivity index (χ1) is 11.4. The van der Waals surface area contributed by atoms with Crippen molar-refractivity contribution < 1.29 is 9.18 Å². The molecule has 2 aliphatic rings. The summed E-state index contributed by atoms with van der Waals surface area (Å²) in [5.41, 5.74) is 2.81. The van der Waals surface area contributed by atoms with Gasteiger partial charge in [-0.05, 0) is 43.2 Å². The predicted octanol–water partition coefficient (Wildman–Crippen LogP) is 4.16. The van der Waals surface area contributed by atoms with E-state index in [4.69, 9.17) is 0 Å². The number of Topliss-reactive ketones (excluding diaryl/α,β-unsaturated/α-hetero) is 1. The second kappa shape index (κ2) is 5.50. The summed E-state index contributed by atoms with van der Waals surface area (Å²) in [6.45, 7) is 4.54. The highest BCUT2D eigenvalue weighted by Crippen LogP contribution is 2.43. The molecule has 1 unspecified atom stereocenters. The molecule has 0 saturated heterocycles. The summed E-state index contributed by atoms with van der Waals surface area (Å²) >= 11 is 0. The Bertz CT molecular complexity index is 786. The van der Waals surface area contributed by atoms with Crippen LogP contribution in [0.15, 0.2) is 24.7 Å². The normalized spacial score (nSPS) is 22.2. The number of nitrogens with zero attached hydrogens (tertiary/aromatic N) is 3. The van der Waals surface area contributed by atoms with E-state index in [9.17, 15) is 9.18 Å². The van der Waals surface area contributed by atoms with Gasteiger partial charge in [0.1, 0.15) is 5.78 Å². The summed E-state index contributed by atoms with van der Waals surface area (Å²) in [4.78, 5) is 21.1.